The number of hydrogen-bond donors (Lipinski definition) is 1. The molecule has 1 aromatic heterocycles. The van der Waals surface area contributed by atoms with Gasteiger partial charge in [-0.15, -0.1) is 0 Å². The lowest BCUT2D eigenvalue weighted by molar-refractivity contribution is -0.122. The van der Waals surface area contributed by atoms with Crippen molar-refractivity contribution in [1.29, 1.82) is 0 Å². The average molecular weight is 386 g/mol. The quantitative estimate of drug-likeness (QED) is 0.680. The van der Waals surface area contributed by atoms with Crippen molar-refractivity contribution in [3.63, 3.8) is 0 Å². The van der Waals surface area contributed by atoms with Gasteiger partial charge in [0.25, 0.3) is 0 Å². The predicted molar refractivity (Wildman–Crippen MR) is 106 cm³/mol. The highest BCUT2D eigenvalue weighted by atomic mass is 19.1. The summed E-state index contributed by atoms with van der Waals surface area (Å²) in [6.45, 7) is 3.49. The smallest absolute Gasteiger partial charge is 0.235 e. The van der Waals surface area contributed by atoms with Gasteiger partial charge in [0.05, 0.1) is 23.9 Å². The number of nitrogens with one attached hydrogen (secondary N) is 1. The fourth-order valence-corrected chi connectivity index (χ4v) is 3.76. The maximum Gasteiger partial charge on any atom is 0.235 e. The second-order valence-corrected chi connectivity index (χ2v) is 7.01. The molecule has 0 aliphatic heterocycles. The molecule has 1 aromatic carbocycles. The van der Waals surface area contributed by atoms with E-state index in [1.807, 2.05) is 6.92 Å². The molecule has 1 aliphatic rings. The summed E-state index contributed by atoms with van der Waals surface area (Å²) in [5, 5.41) is 2.93. The van der Waals surface area contributed by atoms with Crippen molar-refractivity contribution in [3.8, 4) is 5.88 Å². The molecular formula is C22H27FN2O3. The van der Waals surface area contributed by atoms with Gasteiger partial charge in [0, 0.05) is 18.2 Å². The van der Waals surface area contributed by atoms with E-state index in [4.69, 9.17) is 9.47 Å². The average Bonchev–Trinajstić information content (AvgIpc) is 2.73. The third-order valence-electron chi connectivity index (χ3n) is 5.21. The number of amides is 1. The van der Waals surface area contributed by atoms with Crippen molar-refractivity contribution in [2.45, 2.75) is 44.4 Å². The molecule has 2 aromatic rings. The third kappa shape index (κ3) is 4.68. The van der Waals surface area contributed by atoms with Crippen LogP contribution in [0.2, 0.25) is 0 Å². The molecule has 6 heteroatoms. The number of hydrogen-bond acceptors (Lipinski definition) is 4. The molecule has 0 spiro atoms. The van der Waals surface area contributed by atoms with Crippen molar-refractivity contribution in [1.82, 2.24) is 4.98 Å². The SMILES string of the molecule is CCOCCOc1ccc(NC(=O)C2(c3ccccc3F)CCCCC2)cn1. The molecule has 1 amide bonds. The number of nitrogens with zero attached hydrogens (tertiary/aromatic N) is 1. The first-order valence-corrected chi connectivity index (χ1v) is 9.89. The maximum absolute atomic E-state index is 14.5. The zero-order chi connectivity index (χ0) is 19.8. The Morgan fingerprint density at radius 2 is 1.93 bits per heavy atom. The van der Waals surface area contributed by atoms with Crippen molar-refractivity contribution in [2.24, 2.45) is 0 Å². The summed E-state index contributed by atoms with van der Waals surface area (Å²) in [6.07, 6.45) is 5.74. The first kappa shape index (κ1) is 20.3. The van der Waals surface area contributed by atoms with Gasteiger partial charge < -0.3 is 14.8 Å². The van der Waals surface area contributed by atoms with Gasteiger partial charge in [-0.3, -0.25) is 4.79 Å². The highest BCUT2D eigenvalue weighted by Gasteiger charge is 2.42. The van der Waals surface area contributed by atoms with Crippen LogP contribution in [0.25, 0.3) is 0 Å². The molecule has 0 saturated heterocycles. The Bertz CT molecular complexity index is 774. The minimum absolute atomic E-state index is 0.177. The van der Waals surface area contributed by atoms with Gasteiger partial charge in [-0.2, -0.15) is 0 Å². The Balaban J connectivity index is 1.71. The monoisotopic (exact) mass is 386 g/mol. The van der Waals surface area contributed by atoms with Crippen LogP contribution in [0.15, 0.2) is 42.6 Å². The van der Waals surface area contributed by atoms with Gasteiger partial charge in [0.15, 0.2) is 0 Å². The molecule has 1 saturated carbocycles. The van der Waals surface area contributed by atoms with E-state index in [1.165, 1.54) is 6.07 Å². The van der Waals surface area contributed by atoms with E-state index in [9.17, 15) is 9.18 Å². The summed E-state index contributed by atoms with van der Waals surface area (Å²) >= 11 is 0. The lowest BCUT2D eigenvalue weighted by atomic mass is 9.68. The molecule has 0 radical (unpaired) electrons. The van der Waals surface area contributed by atoms with Gasteiger partial charge in [0.1, 0.15) is 12.4 Å². The largest absolute Gasteiger partial charge is 0.475 e. The normalized spacial score (nSPS) is 15.8. The van der Waals surface area contributed by atoms with Gasteiger partial charge in [-0.25, -0.2) is 9.37 Å². The van der Waals surface area contributed by atoms with Crippen molar-refractivity contribution in [2.75, 3.05) is 25.1 Å². The van der Waals surface area contributed by atoms with E-state index in [0.29, 0.717) is 49.8 Å². The molecule has 5 nitrogen and oxygen atoms in total. The van der Waals surface area contributed by atoms with E-state index in [-0.39, 0.29) is 11.7 Å². The van der Waals surface area contributed by atoms with Gasteiger partial charge >= 0.3 is 0 Å². The Morgan fingerprint density at radius 3 is 2.61 bits per heavy atom. The minimum Gasteiger partial charge on any atom is -0.475 e. The molecule has 3 rings (SSSR count). The fourth-order valence-electron chi connectivity index (χ4n) is 3.76. The molecule has 1 aliphatic carbocycles. The molecule has 28 heavy (non-hydrogen) atoms. The fraction of sp³-hybridized carbons (Fsp3) is 0.455. The van der Waals surface area contributed by atoms with Gasteiger partial charge in [-0.05, 0) is 31.9 Å². The minimum atomic E-state index is -0.837. The highest BCUT2D eigenvalue weighted by molar-refractivity contribution is 5.99. The molecule has 0 atom stereocenters. The van der Waals surface area contributed by atoms with Gasteiger partial charge in [0.2, 0.25) is 11.8 Å². The number of aromatic nitrogens is 1. The number of rotatable bonds is 8. The van der Waals surface area contributed by atoms with Crippen LogP contribution < -0.4 is 10.1 Å². The van der Waals surface area contributed by atoms with E-state index < -0.39 is 5.41 Å². The Hall–Kier alpha value is -2.47. The lowest BCUT2D eigenvalue weighted by Gasteiger charge is -2.36. The number of pyridine rings is 1. The van der Waals surface area contributed by atoms with Crippen LogP contribution in [-0.2, 0) is 14.9 Å². The zero-order valence-electron chi connectivity index (χ0n) is 16.2. The number of carbonyl (C=O) groups excluding carboxylic acids is 1. The van der Waals surface area contributed by atoms with Crippen LogP contribution in [0.1, 0.15) is 44.6 Å². The maximum atomic E-state index is 14.5. The van der Waals surface area contributed by atoms with Crippen LogP contribution >= 0.6 is 0 Å². The first-order chi connectivity index (χ1) is 13.7. The third-order valence-corrected chi connectivity index (χ3v) is 5.21. The summed E-state index contributed by atoms with van der Waals surface area (Å²) < 4.78 is 25.2. The number of carbonyl (C=O) groups is 1. The standard InChI is InChI=1S/C22H27FN2O3/c1-2-27-14-15-28-20-11-10-17(16-24-20)25-21(26)22(12-6-3-7-13-22)18-8-4-5-9-19(18)23/h4-5,8-11,16H,2-3,6-7,12-15H2,1H3,(H,25,26). The molecular weight excluding hydrogens is 359 g/mol. The number of benzene rings is 1. The van der Waals surface area contributed by atoms with Crippen LogP contribution in [-0.4, -0.2) is 30.7 Å². The van der Waals surface area contributed by atoms with Gasteiger partial charge in [-0.1, -0.05) is 37.5 Å². The zero-order valence-corrected chi connectivity index (χ0v) is 16.2. The van der Waals surface area contributed by atoms with Crippen molar-refractivity contribution >= 4 is 11.6 Å². The van der Waals surface area contributed by atoms with Crippen LogP contribution in [0.5, 0.6) is 5.88 Å². The van der Waals surface area contributed by atoms with Crippen molar-refractivity contribution < 1.29 is 18.7 Å². The molecule has 1 N–H and O–H groups in total. The number of anilines is 1. The summed E-state index contributed by atoms with van der Waals surface area (Å²) in [6, 6.07) is 10.1. The molecule has 0 bridgehead atoms. The summed E-state index contributed by atoms with van der Waals surface area (Å²) in [7, 11) is 0. The van der Waals surface area contributed by atoms with E-state index in [0.717, 1.165) is 19.3 Å². The molecule has 1 heterocycles. The highest BCUT2D eigenvalue weighted by Crippen LogP contribution is 2.41. The Morgan fingerprint density at radius 1 is 1.14 bits per heavy atom. The Kier molecular flexibility index (Phi) is 6.98. The predicted octanol–water partition coefficient (Wildman–Crippen LogP) is 4.48. The topological polar surface area (TPSA) is 60.5 Å². The van der Waals surface area contributed by atoms with Crippen LogP contribution in [0.4, 0.5) is 10.1 Å². The van der Waals surface area contributed by atoms with E-state index >= 15 is 0 Å². The molecule has 150 valence electrons. The number of ether oxygens (including phenoxy) is 2. The molecule has 1 fully saturated rings. The second-order valence-electron chi connectivity index (χ2n) is 7.01. The Labute approximate surface area is 165 Å². The van der Waals surface area contributed by atoms with Crippen LogP contribution in [0.3, 0.4) is 0 Å². The van der Waals surface area contributed by atoms with E-state index in [1.54, 1.807) is 36.5 Å². The summed E-state index contributed by atoms with van der Waals surface area (Å²) in [5.41, 5.74) is 0.218. The lowest BCUT2D eigenvalue weighted by Crippen LogP contribution is -2.42. The summed E-state index contributed by atoms with van der Waals surface area (Å²) in [5.74, 6) is -0.0287. The summed E-state index contributed by atoms with van der Waals surface area (Å²) in [4.78, 5) is 17.4. The second kappa shape index (κ2) is 9.64. The first-order valence-electron chi connectivity index (χ1n) is 9.89. The number of halogens is 1. The van der Waals surface area contributed by atoms with Crippen molar-refractivity contribution in [3.05, 3.63) is 54.0 Å². The van der Waals surface area contributed by atoms with E-state index in [2.05, 4.69) is 10.3 Å². The van der Waals surface area contributed by atoms with Crippen LogP contribution in [0, 0.1) is 5.82 Å². The molecule has 0 unspecified atom stereocenters.